The van der Waals surface area contributed by atoms with Crippen molar-refractivity contribution in [2.75, 3.05) is 7.11 Å². The number of nitrogens with one attached hydrogen (secondary N) is 1. The molecule has 2 aliphatic carbocycles. The maximum absolute atomic E-state index is 11.8. The SMILES string of the molecule is CC(=O)c1ccccc1.COc1ccccn1.Cc1cc(C)ncn1.Cc1ccno1.Cc1csc2cncnc12.O=C(c1ccccc1)c1ccccc1.O=C1CCCc2ccccc21.O=C1CCc2ccccc21.c1c[nH]cn1.c1ccncc1.c1ccsc1. The molecule has 0 atom stereocenters. The second kappa shape index (κ2) is 43.7. The van der Waals surface area contributed by atoms with Gasteiger partial charge in [-0.2, -0.15) is 11.3 Å². The van der Waals surface area contributed by atoms with Gasteiger partial charge in [-0.3, -0.25) is 24.2 Å². The van der Waals surface area contributed by atoms with E-state index in [0.717, 1.165) is 76.2 Å². The molecule has 8 heterocycles. The summed E-state index contributed by atoms with van der Waals surface area (Å²) in [5.74, 6) is 2.33. The van der Waals surface area contributed by atoms with E-state index in [2.05, 4.69) is 61.9 Å². The third-order valence-corrected chi connectivity index (χ3v) is 14.2. The quantitative estimate of drug-likeness (QED) is 0.163. The van der Waals surface area contributed by atoms with Gasteiger partial charge in [0.05, 0.1) is 29.9 Å². The highest BCUT2D eigenvalue weighted by Crippen LogP contribution is 2.22. The van der Waals surface area contributed by atoms with E-state index < -0.39 is 0 Å². The Morgan fingerprint density at radius 3 is 1.47 bits per heavy atom. The monoisotopic (exact) mass is 1260 g/mol. The molecule has 0 saturated heterocycles. The van der Waals surface area contributed by atoms with Crippen LogP contribution < -0.4 is 4.74 Å². The normalized spacial score (nSPS) is 10.6. The zero-order chi connectivity index (χ0) is 65.6. The predicted octanol–water partition coefficient (Wildman–Crippen LogP) is 17.2. The summed E-state index contributed by atoms with van der Waals surface area (Å²) >= 11 is 3.40. The van der Waals surface area contributed by atoms with Crippen molar-refractivity contribution in [2.45, 2.75) is 66.7 Å². The summed E-state index contributed by atoms with van der Waals surface area (Å²) in [7, 11) is 1.60. The number of nitrogens with zero attached hydrogens (tertiary/aromatic N) is 8. The van der Waals surface area contributed by atoms with Crippen LogP contribution in [0, 0.1) is 27.7 Å². The van der Waals surface area contributed by atoms with Crippen molar-refractivity contribution in [3.05, 3.63) is 340 Å². The van der Waals surface area contributed by atoms with Gasteiger partial charge in [0.15, 0.2) is 23.1 Å². The largest absolute Gasteiger partial charge is 0.481 e. The van der Waals surface area contributed by atoms with E-state index in [9.17, 15) is 19.2 Å². The van der Waals surface area contributed by atoms with Gasteiger partial charge in [-0.1, -0.05) is 169 Å². The molecular formula is C75H75N9O6S2. The number of hydrogen-bond donors (Lipinski definition) is 1. The van der Waals surface area contributed by atoms with Gasteiger partial charge in [-0.05, 0) is 111 Å². The van der Waals surface area contributed by atoms with E-state index in [4.69, 9.17) is 4.74 Å². The first kappa shape index (κ1) is 71.9. The number of aromatic nitrogens is 9. The Morgan fingerprint density at radius 2 is 1.08 bits per heavy atom. The number of fused-ring (bicyclic) bond motifs is 3. The minimum Gasteiger partial charge on any atom is -0.481 e. The summed E-state index contributed by atoms with van der Waals surface area (Å²) in [6.45, 7) is 9.39. The zero-order valence-electron chi connectivity index (χ0n) is 52.4. The molecule has 0 spiro atoms. The summed E-state index contributed by atoms with van der Waals surface area (Å²) in [6.07, 6.45) is 21.4. The Bertz CT molecular complexity index is 3890. The standard InChI is InChI=1S/C13H10O.C10H10O.C9H8O.C8H8O.C7H6N2S.C6H8N2.C6H7NO.C5H5N.C4H5NO.C4H4S.C3H4N2/c14-13(11-7-3-1-4-8-11)12-9-5-2-6-10-12;11-10-7-3-5-8-4-1-2-6-9(8)10;10-9-6-5-7-3-1-2-4-8(7)9;1-7(9)8-5-3-2-4-6-8;1-5-3-10-6-2-8-4-9-7(5)6;1-5-3-6(2)8-4-7-5;1-8-6-4-2-3-5-7-6;1-2-4-6-5-3-1;1-4-2-3-5-6-4;1-2-4-5-3-1;1-2-5-3-4-1/h1-10H;1-2,4,6H,3,5,7H2;1-4H,5-6H2;2-6H,1H3;2-4H,1H3;3-4H,1-2H3;2-5H,1H3;1-5H;2-3H,1H3;1-4H;1-3H,(H,4,5). The third kappa shape index (κ3) is 29.0. The Hall–Kier alpha value is -10.9. The summed E-state index contributed by atoms with van der Waals surface area (Å²) in [5, 5.41) is 9.63. The van der Waals surface area contributed by atoms with E-state index in [1.54, 1.807) is 105 Å². The number of pyridine rings is 2. The van der Waals surface area contributed by atoms with Crippen LogP contribution in [0.4, 0.5) is 0 Å². The summed E-state index contributed by atoms with van der Waals surface area (Å²) in [6, 6.07) is 62.6. The summed E-state index contributed by atoms with van der Waals surface area (Å²) in [5.41, 5.74) is 10.9. The van der Waals surface area contributed by atoms with Crippen molar-refractivity contribution in [2.24, 2.45) is 0 Å². The molecule has 5 aromatic carbocycles. The molecule has 92 heavy (non-hydrogen) atoms. The van der Waals surface area contributed by atoms with Crippen molar-refractivity contribution in [3.63, 3.8) is 0 Å². The van der Waals surface area contributed by atoms with Crippen LogP contribution in [-0.4, -0.2) is 75.3 Å². The van der Waals surface area contributed by atoms with Gasteiger partial charge < -0.3 is 14.2 Å². The van der Waals surface area contributed by atoms with Gasteiger partial charge in [0.2, 0.25) is 5.88 Å². The lowest BCUT2D eigenvalue weighted by Crippen LogP contribution is -2.09. The highest BCUT2D eigenvalue weighted by molar-refractivity contribution is 7.17. The van der Waals surface area contributed by atoms with Crippen LogP contribution in [-0.2, 0) is 12.8 Å². The number of carbonyl (C=O) groups excluding carboxylic acids is 4. The number of aromatic amines is 1. The molecule has 0 aliphatic heterocycles. The Labute approximate surface area is 546 Å². The molecule has 0 saturated carbocycles. The zero-order valence-corrected chi connectivity index (χ0v) is 54.1. The molecule has 15 rings (SSSR count). The van der Waals surface area contributed by atoms with E-state index in [1.807, 2.05) is 226 Å². The van der Waals surface area contributed by atoms with Crippen molar-refractivity contribution >= 4 is 56.0 Å². The van der Waals surface area contributed by atoms with Crippen molar-refractivity contribution in [3.8, 4) is 5.88 Å². The number of benzene rings is 5. The number of hydrogen-bond acceptors (Lipinski definition) is 16. The summed E-state index contributed by atoms with van der Waals surface area (Å²) in [4.78, 5) is 74.8. The average Bonchev–Trinajstić information content (AvgIpc) is 1.83. The number of methoxy groups -OCH3 is 1. The maximum atomic E-state index is 11.8. The number of imidazole rings is 1. The van der Waals surface area contributed by atoms with Crippen molar-refractivity contribution in [1.29, 1.82) is 0 Å². The highest BCUT2D eigenvalue weighted by atomic mass is 32.1. The molecule has 468 valence electrons. The molecule has 17 heteroatoms. The second-order valence-corrected chi connectivity index (χ2v) is 21.3. The Balaban J connectivity index is 0.000000186. The van der Waals surface area contributed by atoms with Gasteiger partial charge in [0.1, 0.15) is 18.4 Å². The van der Waals surface area contributed by atoms with Crippen molar-refractivity contribution < 1.29 is 28.4 Å². The van der Waals surface area contributed by atoms with Crippen LogP contribution in [0.5, 0.6) is 5.88 Å². The Morgan fingerprint density at radius 1 is 0.522 bits per heavy atom. The van der Waals surface area contributed by atoms with Crippen LogP contribution in [0.25, 0.3) is 10.2 Å². The number of aryl methyl sites for hydroxylation is 6. The number of ether oxygens (including phenoxy) is 1. The fourth-order valence-corrected chi connectivity index (χ4v) is 9.31. The molecule has 2 aliphatic rings. The van der Waals surface area contributed by atoms with E-state index in [1.165, 1.54) is 21.4 Å². The lowest BCUT2D eigenvalue weighted by molar-refractivity contribution is 0.0969. The molecule has 0 fully saturated rings. The molecule has 0 bridgehead atoms. The van der Waals surface area contributed by atoms with Crippen molar-refractivity contribution in [1.82, 2.24) is 45.0 Å². The topological polar surface area (TPSA) is 210 Å². The van der Waals surface area contributed by atoms with Gasteiger partial charge in [-0.15, -0.1) is 11.3 Å². The number of rotatable bonds is 4. The fraction of sp³-hybridized carbons (Fsp3) is 0.147. The van der Waals surface area contributed by atoms with Crippen LogP contribution in [0.3, 0.4) is 0 Å². The number of ketones is 4. The van der Waals surface area contributed by atoms with E-state index in [0.29, 0.717) is 23.9 Å². The van der Waals surface area contributed by atoms with Crippen LogP contribution >= 0.6 is 22.7 Å². The smallest absolute Gasteiger partial charge is 0.212 e. The van der Waals surface area contributed by atoms with Crippen LogP contribution in [0.15, 0.2) is 283 Å². The first-order chi connectivity index (χ1) is 44.9. The molecule has 0 unspecified atom stereocenters. The minimum atomic E-state index is 0.0752. The molecule has 0 radical (unpaired) electrons. The minimum absolute atomic E-state index is 0.0752. The second-order valence-electron chi connectivity index (χ2n) is 19.5. The van der Waals surface area contributed by atoms with Gasteiger partial charge in [0, 0.05) is 101 Å². The number of carbonyl (C=O) groups is 4. The number of H-pyrrole nitrogens is 1. The maximum Gasteiger partial charge on any atom is 0.212 e. The third-order valence-electron chi connectivity index (χ3n) is 12.5. The number of thiophene rings is 2. The first-order valence-electron chi connectivity index (χ1n) is 29.3. The van der Waals surface area contributed by atoms with Gasteiger partial charge in [-0.25, -0.2) is 29.9 Å². The fourth-order valence-electron chi connectivity index (χ4n) is 7.99. The van der Waals surface area contributed by atoms with Gasteiger partial charge in [0.25, 0.3) is 0 Å². The predicted molar refractivity (Wildman–Crippen MR) is 368 cm³/mol. The Kier molecular flexibility index (Phi) is 34.1. The lowest BCUT2D eigenvalue weighted by Gasteiger charge is -2.12. The van der Waals surface area contributed by atoms with E-state index in [-0.39, 0.29) is 11.6 Å². The molecule has 15 nitrogen and oxygen atoms in total. The van der Waals surface area contributed by atoms with Crippen LogP contribution in [0.2, 0.25) is 0 Å². The van der Waals surface area contributed by atoms with Gasteiger partial charge >= 0.3 is 0 Å². The lowest BCUT2D eigenvalue weighted by atomic mass is 9.91. The average molecular weight is 1260 g/mol. The van der Waals surface area contributed by atoms with E-state index >= 15 is 0 Å². The molecular weight excluding hydrogens is 1190 g/mol. The summed E-state index contributed by atoms with van der Waals surface area (Å²) < 4.78 is 10.6. The molecule has 0 amide bonds. The highest BCUT2D eigenvalue weighted by Gasteiger charge is 2.17. The molecule has 8 aromatic heterocycles. The first-order valence-corrected chi connectivity index (χ1v) is 31.1. The number of Topliss-reactive ketones (excluding diaryl/α,β-unsaturated/α-hetero) is 3. The van der Waals surface area contributed by atoms with Crippen LogP contribution in [0.1, 0.15) is 107 Å². The molecule has 13 aromatic rings. The molecule has 1 N–H and O–H groups in total.